The number of allylic oxidation sites excluding steroid dienone is 1. The standard InChI is InChI=1S/C20H27ClO5S/c1-12(2)16-11-27(25,26)19(10-22)20(16)18(24)7-4-13(3)8-14-5-6-15(23)9-17(14)21/h5-6,8-9,12,18-19,22-24H,4,7,10-11H2,1-3H3/b13-8+/t18-,19+/m1/s1. The van der Waals surface area contributed by atoms with E-state index in [9.17, 15) is 23.7 Å². The van der Waals surface area contributed by atoms with E-state index in [0.717, 1.165) is 11.1 Å². The molecule has 1 heterocycles. The highest BCUT2D eigenvalue weighted by Crippen LogP contribution is 2.35. The van der Waals surface area contributed by atoms with Gasteiger partial charge < -0.3 is 15.3 Å². The molecule has 5 nitrogen and oxygen atoms in total. The van der Waals surface area contributed by atoms with Crippen molar-refractivity contribution in [2.45, 2.75) is 45.0 Å². The highest BCUT2D eigenvalue weighted by molar-refractivity contribution is 7.92. The van der Waals surface area contributed by atoms with Crippen molar-refractivity contribution in [2.75, 3.05) is 12.4 Å². The molecule has 0 saturated heterocycles. The molecule has 1 aromatic rings. The van der Waals surface area contributed by atoms with Crippen molar-refractivity contribution in [3.63, 3.8) is 0 Å². The third-order valence-electron chi connectivity index (χ3n) is 4.93. The number of aromatic hydroxyl groups is 1. The van der Waals surface area contributed by atoms with Crippen LogP contribution in [0.15, 0.2) is 34.9 Å². The lowest BCUT2D eigenvalue weighted by Gasteiger charge is -2.20. The number of sulfone groups is 1. The lowest BCUT2D eigenvalue weighted by molar-refractivity contribution is 0.188. The van der Waals surface area contributed by atoms with Crippen molar-refractivity contribution < 1.29 is 23.7 Å². The predicted molar refractivity (Wildman–Crippen MR) is 109 cm³/mol. The normalized spacial score (nSPS) is 21.1. The molecule has 0 spiro atoms. The SMILES string of the molecule is C/C(=C\c1ccc(O)cc1Cl)CC[C@@H](O)C1=C(C(C)C)CS(=O)(=O)[C@H]1CO. The molecule has 0 fully saturated rings. The lowest BCUT2D eigenvalue weighted by Crippen LogP contribution is -2.29. The number of halogens is 1. The van der Waals surface area contributed by atoms with Crippen molar-refractivity contribution in [1.29, 1.82) is 0 Å². The van der Waals surface area contributed by atoms with E-state index in [0.29, 0.717) is 29.0 Å². The van der Waals surface area contributed by atoms with Gasteiger partial charge in [0.1, 0.15) is 11.0 Å². The summed E-state index contributed by atoms with van der Waals surface area (Å²) < 4.78 is 24.6. The average Bonchev–Trinajstić information content (AvgIpc) is 2.86. The van der Waals surface area contributed by atoms with Gasteiger partial charge in [-0.2, -0.15) is 0 Å². The van der Waals surface area contributed by atoms with Gasteiger partial charge >= 0.3 is 0 Å². The minimum atomic E-state index is -3.46. The smallest absolute Gasteiger partial charge is 0.163 e. The number of benzene rings is 1. The number of phenolic OH excluding ortho intramolecular Hbond substituents is 1. The minimum absolute atomic E-state index is 0.00610. The van der Waals surface area contributed by atoms with Crippen LogP contribution < -0.4 is 0 Å². The molecule has 0 amide bonds. The Labute approximate surface area is 165 Å². The third-order valence-corrected chi connectivity index (χ3v) is 7.24. The zero-order chi connectivity index (χ0) is 20.4. The van der Waals surface area contributed by atoms with Gasteiger partial charge in [0, 0.05) is 0 Å². The summed E-state index contributed by atoms with van der Waals surface area (Å²) in [6.07, 6.45) is 1.86. The number of hydrogen-bond donors (Lipinski definition) is 3. The maximum atomic E-state index is 12.3. The third kappa shape index (κ3) is 5.13. The topological polar surface area (TPSA) is 94.8 Å². The van der Waals surface area contributed by atoms with Gasteiger partial charge in [-0.1, -0.05) is 37.1 Å². The molecule has 0 bridgehead atoms. The summed E-state index contributed by atoms with van der Waals surface area (Å²) in [4.78, 5) is 0. The summed E-state index contributed by atoms with van der Waals surface area (Å²) in [6, 6.07) is 4.72. The molecule has 0 unspecified atom stereocenters. The van der Waals surface area contributed by atoms with Gasteiger partial charge in [-0.15, -0.1) is 0 Å². The number of rotatable bonds is 7. The molecule has 150 valence electrons. The number of aliphatic hydroxyl groups is 2. The van der Waals surface area contributed by atoms with Gasteiger partial charge in [-0.3, -0.25) is 0 Å². The predicted octanol–water partition coefficient (Wildman–Crippen LogP) is 3.33. The van der Waals surface area contributed by atoms with Crippen LogP contribution in [0.1, 0.15) is 39.2 Å². The van der Waals surface area contributed by atoms with E-state index in [1.165, 1.54) is 6.07 Å². The highest BCUT2D eigenvalue weighted by atomic mass is 35.5. The van der Waals surface area contributed by atoms with Crippen LogP contribution in [0.3, 0.4) is 0 Å². The second kappa shape index (κ2) is 8.78. The molecule has 3 N–H and O–H groups in total. The van der Waals surface area contributed by atoms with Crippen LogP contribution in [0.4, 0.5) is 0 Å². The van der Waals surface area contributed by atoms with Crippen molar-refractivity contribution in [1.82, 2.24) is 0 Å². The molecule has 1 aliphatic rings. The molecule has 1 aromatic carbocycles. The Hall–Kier alpha value is -1.34. The van der Waals surface area contributed by atoms with Gasteiger partial charge in [0.2, 0.25) is 0 Å². The summed E-state index contributed by atoms with van der Waals surface area (Å²) in [7, 11) is -3.46. The lowest BCUT2D eigenvalue weighted by atomic mass is 9.90. The first-order chi connectivity index (χ1) is 12.6. The Kier molecular flexibility index (Phi) is 7.14. The largest absolute Gasteiger partial charge is 0.508 e. The first kappa shape index (κ1) is 22.0. The van der Waals surface area contributed by atoms with Gasteiger partial charge in [0.15, 0.2) is 9.84 Å². The maximum absolute atomic E-state index is 12.3. The van der Waals surface area contributed by atoms with Gasteiger partial charge in [-0.05, 0) is 60.6 Å². The molecule has 2 rings (SSSR count). The molecule has 27 heavy (non-hydrogen) atoms. The average molecular weight is 415 g/mol. The molecule has 7 heteroatoms. The summed E-state index contributed by atoms with van der Waals surface area (Å²) in [5.41, 5.74) is 2.91. The Morgan fingerprint density at radius 2 is 2.04 bits per heavy atom. The minimum Gasteiger partial charge on any atom is -0.508 e. The van der Waals surface area contributed by atoms with E-state index in [-0.39, 0.29) is 17.4 Å². The quantitative estimate of drug-likeness (QED) is 0.595. The molecule has 0 radical (unpaired) electrons. The fourth-order valence-corrected chi connectivity index (χ4v) is 5.72. The van der Waals surface area contributed by atoms with Gasteiger partial charge in [0.25, 0.3) is 0 Å². The van der Waals surface area contributed by atoms with E-state index < -0.39 is 27.8 Å². The van der Waals surface area contributed by atoms with E-state index >= 15 is 0 Å². The van der Waals surface area contributed by atoms with Gasteiger partial charge in [0.05, 0.1) is 23.5 Å². The van der Waals surface area contributed by atoms with Crippen molar-refractivity contribution in [3.05, 3.63) is 45.5 Å². The molecule has 2 atom stereocenters. The second-order valence-electron chi connectivity index (χ2n) is 7.36. The second-order valence-corrected chi connectivity index (χ2v) is 9.96. The molecule has 0 aliphatic carbocycles. The Morgan fingerprint density at radius 3 is 2.59 bits per heavy atom. The summed E-state index contributed by atoms with van der Waals surface area (Å²) >= 11 is 6.11. The first-order valence-corrected chi connectivity index (χ1v) is 11.0. The number of phenols is 1. The van der Waals surface area contributed by atoms with Crippen LogP contribution >= 0.6 is 11.6 Å². The van der Waals surface area contributed by atoms with E-state index in [2.05, 4.69) is 0 Å². The van der Waals surface area contributed by atoms with E-state index in [4.69, 9.17) is 11.6 Å². The van der Waals surface area contributed by atoms with Crippen molar-refractivity contribution in [3.8, 4) is 5.75 Å². The van der Waals surface area contributed by atoms with Crippen LogP contribution in [-0.4, -0.2) is 47.5 Å². The zero-order valence-corrected chi connectivity index (χ0v) is 17.4. The fraction of sp³-hybridized carbons (Fsp3) is 0.500. The monoisotopic (exact) mass is 414 g/mol. The summed E-state index contributed by atoms with van der Waals surface area (Å²) in [5, 5.41) is 29.1. The van der Waals surface area contributed by atoms with Crippen LogP contribution in [0, 0.1) is 5.92 Å². The molecular weight excluding hydrogens is 388 g/mol. The van der Waals surface area contributed by atoms with Gasteiger partial charge in [-0.25, -0.2) is 8.42 Å². The Morgan fingerprint density at radius 1 is 1.37 bits per heavy atom. The summed E-state index contributed by atoms with van der Waals surface area (Å²) in [6.45, 7) is 5.19. The summed E-state index contributed by atoms with van der Waals surface area (Å²) in [5.74, 6) is -0.00970. The Bertz CT molecular complexity index is 855. The van der Waals surface area contributed by atoms with E-state index in [1.54, 1.807) is 12.1 Å². The van der Waals surface area contributed by atoms with Crippen LogP contribution in [0.25, 0.3) is 6.08 Å². The fourth-order valence-electron chi connectivity index (χ4n) is 3.43. The zero-order valence-electron chi connectivity index (χ0n) is 15.8. The van der Waals surface area contributed by atoms with Crippen LogP contribution in [0.2, 0.25) is 5.02 Å². The van der Waals surface area contributed by atoms with Crippen LogP contribution in [0.5, 0.6) is 5.75 Å². The molecule has 0 saturated carbocycles. The number of aliphatic hydroxyl groups excluding tert-OH is 2. The number of hydrogen-bond acceptors (Lipinski definition) is 5. The van der Waals surface area contributed by atoms with E-state index in [1.807, 2.05) is 26.8 Å². The van der Waals surface area contributed by atoms with Crippen LogP contribution in [-0.2, 0) is 9.84 Å². The molecule has 1 aliphatic heterocycles. The van der Waals surface area contributed by atoms with Crippen molar-refractivity contribution >= 4 is 27.5 Å². The van der Waals surface area contributed by atoms with Crippen molar-refractivity contribution in [2.24, 2.45) is 5.92 Å². The maximum Gasteiger partial charge on any atom is 0.163 e. The Balaban J connectivity index is 2.16. The highest BCUT2D eigenvalue weighted by Gasteiger charge is 2.41. The molecular formula is C20H27ClO5S. The molecule has 0 aromatic heterocycles. The first-order valence-electron chi connectivity index (χ1n) is 8.95.